The van der Waals surface area contributed by atoms with E-state index in [2.05, 4.69) is 5.32 Å². The van der Waals surface area contributed by atoms with Crippen molar-refractivity contribution in [2.45, 2.75) is 57.8 Å². The van der Waals surface area contributed by atoms with Crippen molar-refractivity contribution in [1.82, 2.24) is 10.2 Å². The van der Waals surface area contributed by atoms with E-state index in [9.17, 15) is 19.5 Å². The molecule has 2 heterocycles. The highest BCUT2D eigenvalue weighted by Gasteiger charge is 2.38. The number of benzene rings is 2. The van der Waals surface area contributed by atoms with Crippen LogP contribution in [-0.2, 0) is 38.5 Å². The van der Waals surface area contributed by atoms with Crippen molar-refractivity contribution in [3.05, 3.63) is 59.2 Å². The lowest BCUT2D eigenvalue weighted by Gasteiger charge is -2.37. The van der Waals surface area contributed by atoms with Crippen LogP contribution in [0.5, 0.6) is 11.5 Å². The lowest BCUT2D eigenvalue weighted by molar-refractivity contribution is -0.153. The molecular weight excluding hydrogens is 464 g/mol. The highest BCUT2D eigenvalue weighted by atomic mass is 16.6. The van der Waals surface area contributed by atoms with Crippen LogP contribution < -0.4 is 14.8 Å². The zero-order valence-corrected chi connectivity index (χ0v) is 20.6. The molecule has 4 rings (SSSR count). The van der Waals surface area contributed by atoms with E-state index in [-0.39, 0.29) is 19.6 Å². The second kappa shape index (κ2) is 11.4. The van der Waals surface area contributed by atoms with Crippen LogP contribution in [0.4, 0.5) is 0 Å². The first kappa shape index (κ1) is 25.5. The molecule has 0 aliphatic carbocycles. The summed E-state index contributed by atoms with van der Waals surface area (Å²) < 4.78 is 16.5. The number of carbonyl (C=O) groups excluding carboxylic acids is 2. The van der Waals surface area contributed by atoms with Crippen molar-refractivity contribution in [3.63, 3.8) is 0 Å². The Kier molecular flexibility index (Phi) is 8.10. The Hall–Kier alpha value is -3.59. The van der Waals surface area contributed by atoms with Crippen LogP contribution in [0, 0.1) is 0 Å². The van der Waals surface area contributed by atoms with Gasteiger partial charge in [-0.05, 0) is 55.5 Å². The van der Waals surface area contributed by atoms with Gasteiger partial charge in [0.05, 0.1) is 12.6 Å². The van der Waals surface area contributed by atoms with Crippen LogP contribution in [0.3, 0.4) is 0 Å². The third-order valence-corrected chi connectivity index (χ3v) is 6.52. The zero-order valence-electron chi connectivity index (χ0n) is 20.6. The molecule has 2 N–H and O–H groups in total. The number of aryl methyl sites for hydroxylation is 1. The molecule has 2 aromatic carbocycles. The molecule has 9 nitrogen and oxygen atoms in total. The monoisotopic (exact) mass is 496 g/mol. The number of nitrogens with one attached hydrogen (secondary N) is 1. The van der Waals surface area contributed by atoms with Crippen molar-refractivity contribution in [3.8, 4) is 11.5 Å². The first-order valence-corrected chi connectivity index (χ1v) is 12.3. The first-order valence-electron chi connectivity index (χ1n) is 12.3. The Labute approximate surface area is 210 Å². The predicted molar refractivity (Wildman–Crippen MR) is 131 cm³/mol. The second-order valence-corrected chi connectivity index (χ2v) is 9.01. The van der Waals surface area contributed by atoms with E-state index in [1.54, 1.807) is 13.8 Å². The average molecular weight is 497 g/mol. The summed E-state index contributed by atoms with van der Waals surface area (Å²) in [7, 11) is 0. The van der Waals surface area contributed by atoms with Crippen molar-refractivity contribution in [2.24, 2.45) is 0 Å². The SMILES string of the molecule is CCOC(=O)[C@H](CCc1ccccc1)N[C@@H](C)C(=O)N1Cc2cc3c(cc2C[C@H]1C(=O)O)OCCO3. The Balaban J connectivity index is 1.50. The number of hydrogen-bond donors (Lipinski definition) is 2. The second-order valence-electron chi connectivity index (χ2n) is 9.01. The number of carboxylic acids is 1. The van der Waals surface area contributed by atoms with Gasteiger partial charge in [0.1, 0.15) is 25.3 Å². The smallest absolute Gasteiger partial charge is 0.326 e. The molecule has 1 amide bonds. The molecule has 2 aromatic rings. The number of fused-ring (bicyclic) bond motifs is 2. The van der Waals surface area contributed by atoms with Crippen molar-refractivity contribution < 1.29 is 33.7 Å². The van der Waals surface area contributed by atoms with Gasteiger partial charge in [-0.1, -0.05) is 30.3 Å². The molecule has 0 saturated heterocycles. The van der Waals surface area contributed by atoms with Gasteiger partial charge >= 0.3 is 11.9 Å². The number of ether oxygens (including phenoxy) is 3. The summed E-state index contributed by atoms with van der Waals surface area (Å²) in [5.41, 5.74) is 2.72. The molecule has 2 aliphatic rings. The van der Waals surface area contributed by atoms with Crippen molar-refractivity contribution in [2.75, 3.05) is 19.8 Å². The fraction of sp³-hybridized carbons (Fsp3) is 0.444. The van der Waals surface area contributed by atoms with Crippen molar-refractivity contribution >= 4 is 17.8 Å². The quantitative estimate of drug-likeness (QED) is 0.509. The third-order valence-electron chi connectivity index (χ3n) is 6.52. The fourth-order valence-corrected chi connectivity index (χ4v) is 4.66. The van der Waals surface area contributed by atoms with Gasteiger partial charge in [-0.2, -0.15) is 0 Å². The van der Waals surface area contributed by atoms with E-state index in [0.717, 1.165) is 16.7 Å². The molecule has 2 aliphatic heterocycles. The summed E-state index contributed by atoms with van der Waals surface area (Å²) in [6.45, 7) is 4.61. The lowest BCUT2D eigenvalue weighted by atomic mass is 9.92. The standard InChI is InChI=1S/C27H32N2O7/c1-3-34-27(33)21(10-9-18-7-5-4-6-8-18)28-17(2)25(30)29-16-20-15-24-23(35-11-12-36-24)14-19(20)13-22(29)26(31)32/h4-8,14-15,17,21-22,28H,3,9-13,16H2,1-2H3,(H,31,32)/t17-,21-,22-/m0/s1. The van der Waals surface area contributed by atoms with Crippen LogP contribution in [0.15, 0.2) is 42.5 Å². The molecule has 0 spiro atoms. The molecule has 3 atom stereocenters. The maximum atomic E-state index is 13.5. The average Bonchev–Trinajstić information content (AvgIpc) is 2.89. The molecule has 0 fully saturated rings. The molecule has 9 heteroatoms. The van der Waals surface area contributed by atoms with Crippen LogP contribution >= 0.6 is 0 Å². The van der Waals surface area contributed by atoms with Crippen LogP contribution in [0.25, 0.3) is 0 Å². The van der Waals surface area contributed by atoms with Gasteiger partial charge in [0.25, 0.3) is 0 Å². The van der Waals surface area contributed by atoms with E-state index in [0.29, 0.717) is 37.6 Å². The number of hydrogen-bond acceptors (Lipinski definition) is 7. The van der Waals surface area contributed by atoms with Gasteiger partial charge in [-0.25, -0.2) is 4.79 Å². The van der Waals surface area contributed by atoms with Gasteiger partial charge in [0.15, 0.2) is 11.5 Å². The van der Waals surface area contributed by atoms with E-state index in [1.165, 1.54) is 4.90 Å². The summed E-state index contributed by atoms with van der Waals surface area (Å²) in [6.07, 6.45) is 1.23. The predicted octanol–water partition coefficient (Wildman–Crippen LogP) is 2.34. The first-order chi connectivity index (χ1) is 17.4. The molecule has 0 radical (unpaired) electrons. The topological polar surface area (TPSA) is 114 Å². The maximum absolute atomic E-state index is 13.5. The third kappa shape index (κ3) is 5.79. The van der Waals surface area contributed by atoms with Crippen LogP contribution in [-0.4, -0.2) is 65.8 Å². The van der Waals surface area contributed by atoms with E-state index < -0.39 is 36.0 Å². The maximum Gasteiger partial charge on any atom is 0.326 e. The number of carboxylic acid groups (broad SMARTS) is 1. The van der Waals surface area contributed by atoms with Crippen LogP contribution in [0.2, 0.25) is 0 Å². The molecule has 192 valence electrons. The zero-order chi connectivity index (χ0) is 25.7. The Bertz CT molecular complexity index is 1100. The Morgan fingerprint density at radius 3 is 2.42 bits per heavy atom. The van der Waals surface area contributed by atoms with E-state index >= 15 is 0 Å². The molecular formula is C27H32N2O7. The Morgan fingerprint density at radius 2 is 1.78 bits per heavy atom. The number of amides is 1. The normalized spacial score (nSPS) is 18.1. The van der Waals surface area contributed by atoms with E-state index in [1.807, 2.05) is 42.5 Å². The molecule has 0 saturated carbocycles. The molecule has 0 bridgehead atoms. The van der Waals surface area contributed by atoms with Gasteiger partial charge in [0, 0.05) is 13.0 Å². The molecule has 36 heavy (non-hydrogen) atoms. The van der Waals surface area contributed by atoms with Gasteiger partial charge in [0.2, 0.25) is 5.91 Å². The summed E-state index contributed by atoms with van der Waals surface area (Å²) in [5, 5.41) is 13.0. The number of carbonyl (C=O) groups is 3. The highest BCUT2D eigenvalue weighted by molar-refractivity contribution is 5.88. The summed E-state index contributed by atoms with van der Waals surface area (Å²) in [5.74, 6) is -0.722. The molecule has 0 unspecified atom stereocenters. The lowest BCUT2D eigenvalue weighted by Crippen LogP contribution is -2.56. The number of aliphatic carboxylic acids is 1. The molecule has 0 aromatic heterocycles. The fourth-order valence-electron chi connectivity index (χ4n) is 4.66. The minimum atomic E-state index is -1.08. The summed E-state index contributed by atoms with van der Waals surface area (Å²) in [6, 6.07) is 10.9. The van der Waals surface area contributed by atoms with Crippen LogP contribution in [0.1, 0.15) is 37.0 Å². The highest BCUT2D eigenvalue weighted by Crippen LogP contribution is 2.36. The van der Waals surface area contributed by atoms with E-state index in [4.69, 9.17) is 14.2 Å². The number of esters is 1. The van der Waals surface area contributed by atoms with Gasteiger partial charge in [-0.3, -0.25) is 14.9 Å². The van der Waals surface area contributed by atoms with Gasteiger partial charge in [-0.15, -0.1) is 0 Å². The summed E-state index contributed by atoms with van der Waals surface area (Å²) >= 11 is 0. The largest absolute Gasteiger partial charge is 0.486 e. The number of nitrogens with zero attached hydrogens (tertiary/aromatic N) is 1. The van der Waals surface area contributed by atoms with Gasteiger partial charge < -0.3 is 24.2 Å². The minimum absolute atomic E-state index is 0.127. The number of rotatable bonds is 9. The summed E-state index contributed by atoms with van der Waals surface area (Å²) in [4.78, 5) is 39.6. The Morgan fingerprint density at radius 1 is 1.11 bits per heavy atom. The minimum Gasteiger partial charge on any atom is -0.486 e. The van der Waals surface area contributed by atoms with Crippen molar-refractivity contribution in [1.29, 1.82) is 0 Å².